The molecule has 5 heteroatoms. The molecule has 0 saturated carbocycles. The van der Waals surface area contributed by atoms with E-state index in [1.54, 1.807) is 26.0 Å². The Kier molecular flexibility index (Phi) is 5.76. The van der Waals surface area contributed by atoms with Crippen LogP contribution in [0.3, 0.4) is 0 Å². The minimum atomic E-state index is -0.0553. The summed E-state index contributed by atoms with van der Waals surface area (Å²) in [5, 5.41) is -0.0553. The van der Waals surface area contributed by atoms with Gasteiger partial charge in [-0.1, -0.05) is 42.5 Å². The van der Waals surface area contributed by atoms with Gasteiger partial charge in [0.25, 0.3) is 5.91 Å². The predicted octanol–water partition coefficient (Wildman–Crippen LogP) is 5.26. The molecule has 1 aliphatic rings. The van der Waals surface area contributed by atoms with Gasteiger partial charge in [-0.2, -0.15) is 0 Å². The van der Waals surface area contributed by atoms with E-state index in [2.05, 4.69) is 12.1 Å². The second kappa shape index (κ2) is 8.62. The molecule has 0 unspecified atom stereocenters. The number of nitrogens with zero attached hydrogens (tertiary/aromatic N) is 1. The summed E-state index contributed by atoms with van der Waals surface area (Å²) < 4.78 is 10.8. The van der Waals surface area contributed by atoms with Crippen LogP contribution in [0.15, 0.2) is 72.8 Å². The van der Waals surface area contributed by atoms with Gasteiger partial charge in [0.15, 0.2) is 0 Å². The average Bonchev–Trinajstić information content (AvgIpc) is 3.29. The third-order valence-electron chi connectivity index (χ3n) is 5.05. The van der Waals surface area contributed by atoms with Crippen molar-refractivity contribution in [1.29, 1.82) is 0 Å². The zero-order valence-corrected chi connectivity index (χ0v) is 17.3. The van der Waals surface area contributed by atoms with Gasteiger partial charge >= 0.3 is 0 Å². The number of hydrogen-bond acceptors (Lipinski definition) is 4. The molecule has 1 aliphatic heterocycles. The van der Waals surface area contributed by atoms with E-state index in [-0.39, 0.29) is 11.3 Å². The fourth-order valence-corrected chi connectivity index (χ4v) is 4.76. The van der Waals surface area contributed by atoms with Gasteiger partial charge in [0.2, 0.25) is 0 Å². The molecule has 0 N–H and O–H groups in total. The molecule has 148 valence electrons. The molecule has 1 atom stereocenters. The lowest BCUT2D eigenvalue weighted by molar-refractivity contribution is 0.0760. The normalized spacial score (nSPS) is 15.9. The third kappa shape index (κ3) is 4.10. The quantitative estimate of drug-likeness (QED) is 0.580. The summed E-state index contributed by atoms with van der Waals surface area (Å²) in [7, 11) is 3.27. The van der Waals surface area contributed by atoms with Gasteiger partial charge in [-0.3, -0.25) is 4.79 Å². The van der Waals surface area contributed by atoms with Gasteiger partial charge in [0.05, 0.1) is 14.2 Å². The Labute approximate surface area is 175 Å². The molecule has 4 nitrogen and oxygen atoms in total. The van der Waals surface area contributed by atoms with Crippen molar-refractivity contribution in [3.63, 3.8) is 0 Å². The van der Waals surface area contributed by atoms with Crippen molar-refractivity contribution < 1.29 is 14.3 Å². The number of thioether (sulfide) groups is 1. The average molecular weight is 406 g/mol. The standard InChI is InChI=1S/C24H23NO3S/c1-27-21-14-20(15-22(16-21)28-2)24-25(12-13-29-24)23(26)19-10-8-18(9-11-19)17-6-4-3-5-7-17/h3-11,14-16,24H,12-13H2,1-2H3/t24-/m1/s1. The molecule has 4 rings (SSSR count). The maximum Gasteiger partial charge on any atom is 0.255 e. The molecule has 1 heterocycles. The Morgan fingerprint density at radius 1 is 0.897 bits per heavy atom. The summed E-state index contributed by atoms with van der Waals surface area (Å²) in [4.78, 5) is 15.2. The van der Waals surface area contributed by atoms with Crippen molar-refractivity contribution in [3.05, 3.63) is 83.9 Å². The minimum absolute atomic E-state index is 0.0430. The molecule has 0 radical (unpaired) electrons. The van der Waals surface area contributed by atoms with Crippen molar-refractivity contribution in [1.82, 2.24) is 4.90 Å². The van der Waals surface area contributed by atoms with Crippen molar-refractivity contribution in [2.75, 3.05) is 26.5 Å². The van der Waals surface area contributed by atoms with Crippen molar-refractivity contribution in [3.8, 4) is 22.6 Å². The molecule has 0 aromatic heterocycles. The number of benzene rings is 3. The number of carbonyl (C=O) groups is 1. The summed E-state index contributed by atoms with van der Waals surface area (Å²) in [6.07, 6.45) is 0. The predicted molar refractivity (Wildman–Crippen MR) is 118 cm³/mol. The number of methoxy groups -OCH3 is 2. The fourth-order valence-electron chi connectivity index (χ4n) is 3.53. The summed E-state index contributed by atoms with van der Waals surface area (Å²) >= 11 is 1.76. The highest BCUT2D eigenvalue weighted by Gasteiger charge is 2.32. The van der Waals surface area contributed by atoms with Crippen LogP contribution in [0.1, 0.15) is 21.3 Å². The summed E-state index contributed by atoms with van der Waals surface area (Å²) in [6.45, 7) is 0.716. The van der Waals surface area contributed by atoms with Gasteiger partial charge < -0.3 is 14.4 Å². The maximum absolute atomic E-state index is 13.2. The molecule has 3 aromatic carbocycles. The Morgan fingerprint density at radius 3 is 2.14 bits per heavy atom. The first-order chi connectivity index (χ1) is 14.2. The van der Waals surface area contributed by atoms with E-state index < -0.39 is 0 Å². The van der Waals surface area contributed by atoms with Crippen LogP contribution in [-0.4, -0.2) is 37.3 Å². The lowest BCUT2D eigenvalue weighted by Crippen LogP contribution is -2.30. The highest BCUT2D eigenvalue weighted by atomic mass is 32.2. The van der Waals surface area contributed by atoms with E-state index in [4.69, 9.17) is 9.47 Å². The number of hydrogen-bond donors (Lipinski definition) is 0. The highest BCUT2D eigenvalue weighted by molar-refractivity contribution is 7.99. The Bertz CT molecular complexity index is 967. The molecule has 1 saturated heterocycles. The van der Waals surface area contributed by atoms with E-state index in [1.165, 1.54) is 0 Å². The van der Waals surface area contributed by atoms with Crippen LogP contribution in [-0.2, 0) is 0 Å². The molecule has 0 bridgehead atoms. The van der Waals surface area contributed by atoms with Crippen LogP contribution >= 0.6 is 11.8 Å². The van der Waals surface area contributed by atoms with Gasteiger partial charge in [-0.25, -0.2) is 0 Å². The van der Waals surface area contributed by atoms with E-state index in [9.17, 15) is 4.79 Å². The van der Waals surface area contributed by atoms with Crippen LogP contribution in [0.4, 0.5) is 0 Å². The smallest absolute Gasteiger partial charge is 0.255 e. The monoisotopic (exact) mass is 405 g/mol. The third-order valence-corrected chi connectivity index (χ3v) is 6.31. The second-order valence-electron chi connectivity index (χ2n) is 6.81. The lowest BCUT2D eigenvalue weighted by atomic mass is 10.0. The molecular weight excluding hydrogens is 382 g/mol. The van der Waals surface area contributed by atoms with Crippen molar-refractivity contribution in [2.45, 2.75) is 5.37 Å². The molecule has 1 fully saturated rings. The van der Waals surface area contributed by atoms with Gasteiger partial charge in [0.1, 0.15) is 16.9 Å². The molecule has 3 aromatic rings. The summed E-state index contributed by atoms with van der Waals surface area (Å²) in [5.74, 6) is 2.40. The molecule has 0 spiro atoms. The molecule has 0 aliphatic carbocycles. The first kappa shape index (κ1) is 19.4. The summed E-state index contributed by atoms with van der Waals surface area (Å²) in [5.41, 5.74) is 3.96. The van der Waals surface area contributed by atoms with Crippen LogP contribution in [0.2, 0.25) is 0 Å². The van der Waals surface area contributed by atoms with Crippen LogP contribution in [0, 0.1) is 0 Å². The van der Waals surface area contributed by atoms with Crippen LogP contribution in [0.5, 0.6) is 11.5 Å². The van der Waals surface area contributed by atoms with Gasteiger partial charge in [-0.05, 0) is 41.0 Å². The fraction of sp³-hybridized carbons (Fsp3) is 0.208. The maximum atomic E-state index is 13.2. The van der Waals surface area contributed by atoms with Gasteiger partial charge in [-0.15, -0.1) is 11.8 Å². The van der Waals surface area contributed by atoms with Crippen LogP contribution < -0.4 is 9.47 Å². The Morgan fingerprint density at radius 2 is 1.52 bits per heavy atom. The number of rotatable bonds is 5. The van der Waals surface area contributed by atoms with E-state index >= 15 is 0 Å². The lowest BCUT2D eigenvalue weighted by Gasteiger charge is -2.25. The molecular formula is C24H23NO3S. The second-order valence-corrected chi connectivity index (χ2v) is 8.00. The minimum Gasteiger partial charge on any atom is -0.497 e. The Hall–Kier alpha value is -2.92. The Balaban J connectivity index is 1.58. The zero-order valence-electron chi connectivity index (χ0n) is 16.5. The topological polar surface area (TPSA) is 38.8 Å². The summed E-state index contributed by atoms with van der Waals surface area (Å²) in [6, 6.07) is 23.8. The number of amides is 1. The SMILES string of the molecule is COc1cc(OC)cc([C@H]2SCCN2C(=O)c2ccc(-c3ccccc3)cc2)c1. The molecule has 29 heavy (non-hydrogen) atoms. The first-order valence-corrected chi connectivity index (χ1v) is 10.6. The largest absolute Gasteiger partial charge is 0.497 e. The molecule has 1 amide bonds. The van der Waals surface area contributed by atoms with E-state index in [0.29, 0.717) is 12.1 Å². The van der Waals surface area contributed by atoms with Crippen molar-refractivity contribution >= 4 is 17.7 Å². The van der Waals surface area contributed by atoms with Gasteiger partial charge in [0, 0.05) is 23.9 Å². The van der Waals surface area contributed by atoms with Crippen LogP contribution in [0.25, 0.3) is 11.1 Å². The first-order valence-electron chi connectivity index (χ1n) is 9.50. The number of carbonyl (C=O) groups excluding carboxylic acids is 1. The van der Waals surface area contributed by atoms with E-state index in [1.807, 2.05) is 65.6 Å². The zero-order chi connectivity index (χ0) is 20.2. The number of ether oxygens (including phenoxy) is 2. The van der Waals surface area contributed by atoms with Crippen molar-refractivity contribution in [2.24, 2.45) is 0 Å². The van der Waals surface area contributed by atoms with E-state index in [0.717, 1.165) is 33.9 Å². The highest BCUT2D eigenvalue weighted by Crippen LogP contribution is 2.41.